The molecule has 2 N–H and O–H groups in total. The Balaban J connectivity index is 1.47. The number of hydrogen-bond donors (Lipinski definition) is 2. The zero-order chi connectivity index (χ0) is 22.0. The van der Waals surface area contributed by atoms with E-state index in [1.165, 1.54) is 0 Å². The van der Waals surface area contributed by atoms with Gasteiger partial charge in [0, 0.05) is 16.8 Å². The van der Waals surface area contributed by atoms with Crippen LogP contribution in [0.2, 0.25) is 0 Å². The zero-order valence-corrected chi connectivity index (χ0v) is 18.2. The highest BCUT2D eigenvalue weighted by Gasteiger charge is 2.12. The second-order valence-corrected chi connectivity index (χ2v) is 7.55. The summed E-state index contributed by atoms with van der Waals surface area (Å²) in [5, 5.41) is 5.94. The van der Waals surface area contributed by atoms with Crippen molar-refractivity contribution in [2.24, 2.45) is 0 Å². The first-order valence-corrected chi connectivity index (χ1v) is 10.1. The van der Waals surface area contributed by atoms with Gasteiger partial charge in [0.1, 0.15) is 11.3 Å². The number of aromatic nitrogens is 1. The predicted molar refractivity (Wildman–Crippen MR) is 126 cm³/mol. The minimum absolute atomic E-state index is 0.210. The largest absolute Gasteiger partial charge is 0.497 e. The SMILES string of the molecule is COc1ccc(-c2nc3cc(NC(=S)NC(=O)c4ccc(C)c(C)c4)ccc3o2)cc1. The molecule has 1 heterocycles. The van der Waals surface area contributed by atoms with E-state index in [-0.39, 0.29) is 11.0 Å². The third-order valence-electron chi connectivity index (χ3n) is 4.98. The van der Waals surface area contributed by atoms with Gasteiger partial charge in [0.2, 0.25) is 5.89 Å². The first-order valence-electron chi connectivity index (χ1n) is 9.67. The van der Waals surface area contributed by atoms with Crippen LogP contribution in [-0.2, 0) is 0 Å². The Kier molecular flexibility index (Phi) is 5.68. The summed E-state index contributed by atoms with van der Waals surface area (Å²) < 4.78 is 11.0. The van der Waals surface area contributed by atoms with Gasteiger partial charge < -0.3 is 14.5 Å². The Bertz CT molecular complexity index is 1280. The van der Waals surface area contributed by atoms with Crippen molar-refractivity contribution in [3.8, 4) is 17.2 Å². The molecule has 0 unspecified atom stereocenters. The highest BCUT2D eigenvalue weighted by molar-refractivity contribution is 7.80. The normalized spacial score (nSPS) is 10.7. The van der Waals surface area contributed by atoms with E-state index in [2.05, 4.69) is 15.6 Å². The van der Waals surface area contributed by atoms with Crippen LogP contribution in [0.25, 0.3) is 22.6 Å². The summed E-state index contributed by atoms with van der Waals surface area (Å²) in [7, 11) is 1.62. The lowest BCUT2D eigenvalue weighted by atomic mass is 10.1. The van der Waals surface area contributed by atoms with Crippen LogP contribution in [-0.4, -0.2) is 23.1 Å². The Morgan fingerprint density at radius 2 is 1.77 bits per heavy atom. The number of amides is 1. The number of methoxy groups -OCH3 is 1. The summed E-state index contributed by atoms with van der Waals surface area (Å²) in [6, 6.07) is 18.5. The molecule has 0 aliphatic heterocycles. The maximum absolute atomic E-state index is 12.5. The van der Waals surface area contributed by atoms with Gasteiger partial charge in [-0.2, -0.15) is 0 Å². The molecule has 6 nitrogen and oxygen atoms in total. The third kappa shape index (κ3) is 4.57. The van der Waals surface area contributed by atoms with Crippen molar-refractivity contribution in [3.05, 3.63) is 77.4 Å². The maximum atomic E-state index is 12.5. The van der Waals surface area contributed by atoms with Crippen LogP contribution in [0.15, 0.2) is 65.1 Å². The van der Waals surface area contributed by atoms with Gasteiger partial charge in [-0.05, 0) is 91.8 Å². The molecule has 31 heavy (non-hydrogen) atoms. The standard InChI is InChI=1S/C24H21N3O3S/c1-14-4-5-17(12-15(14)2)22(28)27-24(31)25-18-8-11-21-20(13-18)26-23(30-21)16-6-9-19(29-3)10-7-16/h4-13H,1-3H3,(H2,25,27,28,31). The molecular formula is C24H21N3O3S. The molecule has 4 rings (SSSR count). The molecule has 0 saturated heterocycles. The highest BCUT2D eigenvalue weighted by atomic mass is 32.1. The lowest BCUT2D eigenvalue weighted by Gasteiger charge is -2.10. The minimum atomic E-state index is -0.259. The van der Waals surface area contributed by atoms with Crippen LogP contribution in [0.5, 0.6) is 5.75 Å². The quantitative estimate of drug-likeness (QED) is 0.430. The van der Waals surface area contributed by atoms with Gasteiger partial charge in [0.05, 0.1) is 7.11 Å². The van der Waals surface area contributed by atoms with Crippen molar-refractivity contribution in [2.75, 3.05) is 12.4 Å². The van der Waals surface area contributed by atoms with Crippen LogP contribution < -0.4 is 15.4 Å². The number of carbonyl (C=O) groups is 1. The Morgan fingerprint density at radius 3 is 2.48 bits per heavy atom. The molecule has 0 aliphatic carbocycles. The topological polar surface area (TPSA) is 76.4 Å². The number of carbonyl (C=O) groups excluding carboxylic acids is 1. The fraction of sp³-hybridized carbons (Fsp3) is 0.125. The lowest BCUT2D eigenvalue weighted by molar-refractivity contribution is 0.0977. The molecule has 0 fully saturated rings. The van der Waals surface area contributed by atoms with E-state index in [1.54, 1.807) is 13.2 Å². The summed E-state index contributed by atoms with van der Waals surface area (Å²) in [5.41, 5.74) is 5.63. The number of nitrogens with one attached hydrogen (secondary N) is 2. The fourth-order valence-corrected chi connectivity index (χ4v) is 3.29. The van der Waals surface area contributed by atoms with Gasteiger partial charge in [-0.15, -0.1) is 0 Å². The van der Waals surface area contributed by atoms with E-state index in [1.807, 2.05) is 68.4 Å². The van der Waals surface area contributed by atoms with Gasteiger partial charge in [0.25, 0.3) is 5.91 Å². The molecule has 0 radical (unpaired) electrons. The first kappa shape index (κ1) is 20.6. The van der Waals surface area contributed by atoms with E-state index >= 15 is 0 Å². The number of aryl methyl sites for hydroxylation is 2. The summed E-state index contributed by atoms with van der Waals surface area (Å²) in [6.45, 7) is 3.97. The number of thiocarbonyl (C=S) groups is 1. The molecule has 4 aromatic rings. The summed E-state index contributed by atoms with van der Waals surface area (Å²) in [6.07, 6.45) is 0. The third-order valence-corrected chi connectivity index (χ3v) is 5.18. The second kappa shape index (κ2) is 8.57. The molecule has 7 heteroatoms. The number of oxazole rings is 1. The van der Waals surface area contributed by atoms with Crippen molar-refractivity contribution >= 4 is 40.0 Å². The van der Waals surface area contributed by atoms with Crippen LogP contribution >= 0.6 is 12.2 Å². The molecule has 3 aromatic carbocycles. The molecular weight excluding hydrogens is 410 g/mol. The van der Waals surface area contributed by atoms with Crippen molar-refractivity contribution < 1.29 is 13.9 Å². The molecule has 0 saturated carbocycles. The van der Waals surface area contributed by atoms with Crippen LogP contribution in [0.4, 0.5) is 5.69 Å². The molecule has 0 aliphatic rings. The predicted octanol–water partition coefficient (Wildman–Crippen LogP) is 5.25. The number of ether oxygens (including phenoxy) is 1. The number of rotatable bonds is 4. The van der Waals surface area contributed by atoms with E-state index in [9.17, 15) is 4.79 Å². The molecule has 156 valence electrons. The number of fused-ring (bicyclic) bond motifs is 1. The second-order valence-electron chi connectivity index (χ2n) is 7.14. The van der Waals surface area contributed by atoms with Crippen molar-refractivity contribution in [1.82, 2.24) is 10.3 Å². The van der Waals surface area contributed by atoms with Crippen LogP contribution in [0, 0.1) is 13.8 Å². The summed E-state index contributed by atoms with van der Waals surface area (Å²) >= 11 is 5.30. The smallest absolute Gasteiger partial charge is 0.257 e. The minimum Gasteiger partial charge on any atom is -0.497 e. The number of benzene rings is 3. The Labute approximate surface area is 185 Å². The maximum Gasteiger partial charge on any atom is 0.257 e. The Morgan fingerprint density at radius 1 is 1.00 bits per heavy atom. The molecule has 1 aromatic heterocycles. The Hall–Kier alpha value is -3.71. The summed E-state index contributed by atoms with van der Waals surface area (Å²) in [5.74, 6) is 1.02. The van der Waals surface area contributed by atoms with Gasteiger partial charge in [-0.25, -0.2) is 4.98 Å². The number of nitrogens with zero attached hydrogens (tertiary/aromatic N) is 1. The van der Waals surface area contributed by atoms with E-state index in [0.717, 1.165) is 22.4 Å². The summed E-state index contributed by atoms with van der Waals surface area (Å²) in [4.78, 5) is 17.0. The van der Waals surface area contributed by atoms with E-state index in [4.69, 9.17) is 21.4 Å². The van der Waals surface area contributed by atoms with E-state index < -0.39 is 0 Å². The van der Waals surface area contributed by atoms with E-state index in [0.29, 0.717) is 28.2 Å². The average molecular weight is 432 g/mol. The van der Waals surface area contributed by atoms with Crippen molar-refractivity contribution in [3.63, 3.8) is 0 Å². The molecule has 0 atom stereocenters. The van der Waals surface area contributed by atoms with Gasteiger partial charge in [-0.1, -0.05) is 6.07 Å². The van der Waals surface area contributed by atoms with Crippen LogP contribution in [0.3, 0.4) is 0 Å². The number of hydrogen-bond acceptors (Lipinski definition) is 5. The lowest BCUT2D eigenvalue weighted by Crippen LogP contribution is -2.34. The van der Waals surface area contributed by atoms with Gasteiger partial charge in [-0.3, -0.25) is 10.1 Å². The van der Waals surface area contributed by atoms with Crippen LogP contribution in [0.1, 0.15) is 21.5 Å². The molecule has 1 amide bonds. The average Bonchev–Trinajstić information content (AvgIpc) is 3.19. The molecule has 0 bridgehead atoms. The van der Waals surface area contributed by atoms with Gasteiger partial charge >= 0.3 is 0 Å². The highest BCUT2D eigenvalue weighted by Crippen LogP contribution is 2.27. The first-order chi connectivity index (χ1) is 14.9. The molecule has 0 spiro atoms. The number of anilines is 1. The van der Waals surface area contributed by atoms with Gasteiger partial charge in [0.15, 0.2) is 10.7 Å². The zero-order valence-electron chi connectivity index (χ0n) is 17.4. The van der Waals surface area contributed by atoms with Crippen molar-refractivity contribution in [2.45, 2.75) is 13.8 Å². The van der Waals surface area contributed by atoms with Crippen molar-refractivity contribution in [1.29, 1.82) is 0 Å². The fourth-order valence-electron chi connectivity index (χ4n) is 3.08. The monoisotopic (exact) mass is 431 g/mol.